The number of likely N-dealkylation sites (tertiary alicyclic amines) is 2. The van der Waals surface area contributed by atoms with Gasteiger partial charge in [0.1, 0.15) is 5.75 Å². The van der Waals surface area contributed by atoms with Gasteiger partial charge in [-0.2, -0.15) is 0 Å². The number of aldehydes is 1. The number of benzene rings is 2. The zero-order chi connectivity index (χ0) is 27.5. The van der Waals surface area contributed by atoms with Gasteiger partial charge < -0.3 is 19.7 Å². The third kappa shape index (κ3) is 5.57. The lowest BCUT2D eigenvalue weighted by atomic mass is 9.88. The minimum absolute atomic E-state index is 0.104. The number of nitrogens with zero attached hydrogens (tertiary/aromatic N) is 2. The van der Waals surface area contributed by atoms with Crippen molar-refractivity contribution in [1.82, 2.24) is 14.8 Å². The van der Waals surface area contributed by atoms with E-state index in [-0.39, 0.29) is 11.8 Å². The normalized spacial score (nSPS) is 18.8. The predicted octanol–water partition coefficient (Wildman–Crippen LogP) is 4.72. The maximum absolute atomic E-state index is 13.0. The summed E-state index contributed by atoms with van der Waals surface area (Å²) in [6.07, 6.45) is 5.02. The monoisotopic (exact) mass is 531 g/mol. The molecule has 8 nitrogen and oxygen atoms in total. The van der Waals surface area contributed by atoms with Crippen LogP contribution in [0.2, 0.25) is 0 Å². The van der Waals surface area contributed by atoms with Crippen molar-refractivity contribution >= 4 is 29.1 Å². The number of amides is 1. The minimum Gasteiger partial charge on any atom is -0.496 e. The van der Waals surface area contributed by atoms with E-state index in [1.165, 1.54) is 16.5 Å². The quantitative estimate of drug-likeness (QED) is 0.408. The summed E-state index contributed by atoms with van der Waals surface area (Å²) >= 11 is 0. The number of hydrogen-bond acceptors (Lipinski definition) is 5. The van der Waals surface area contributed by atoms with Gasteiger partial charge in [-0.3, -0.25) is 19.3 Å². The zero-order valence-electron chi connectivity index (χ0n) is 22.7. The molecule has 0 aliphatic carbocycles. The fourth-order valence-corrected chi connectivity index (χ4v) is 6.27. The van der Waals surface area contributed by atoms with Crippen LogP contribution < -0.4 is 4.74 Å². The smallest absolute Gasteiger partial charge is 0.307 e. The van der Waals surface area contributed by atoms with Crippen molar-refractivity contribution in [2.75, 3.05) is 39.8 Å². The van der Waals surface area contributed by atoms with Crippen LogP contribution in [-0.4, -0.2) is 77.9 Å². The Morgan fingerprint density at radius 1 is 1.10 bits per heavy atom. The molecule has 2 N–H and O–H groups in total. The van der Waals surface area contributed by atoms with Gasteiger partial charge in [0.05, 0.1) is 25.1 Å². The average molecular weight is 532 g/mol. The number of carboxylic acid groups (broad SMARTS) is 1. The van der Waals surface area contributed by atoms with Crippen LogP contribution in [0, 0.1) is 5.92 Å². The van der Waals surface area contributed by atoms with Gasteiger partial charge in [0.2, 0.25) is 5.91 Å². The van der Waals surface area contributed by atoms with Crippen molar-refractivity contribution in [1.29, 1.82) is 0 Å². The van der Waals surface area contributed by atoms with E-state index < -0.39 is 5.97 Å². The van der Waals surface area contributed by atoms with Crippen molar-refractivity contribution in [2.24, 2.45) is 5.92 Å². The number of hydrogen-bond donors (Lipinski definition) is 2. The van der Waals surface area contributed by atoms with Crippen LogP contribution >= 0.6 is 0 Å². The van der Waals surface area contributed by atoms with Crippen LogP contribution in [0.25, 0.3) is 22.2 Å². The molecule has 0 saturated carbocycles. The number of H-pyrrole nitrogens is 1. The number of piperidine rings is 2. The van der Waals surface area contributed by atoms with Gasteiger partial charge in [-0.05, 0) is 91.6 Å². The first kappa shape index (κ1) is 26.9. The summed E-state index contributed by atoms with van der Waals surface area (Å²) in [6, 6.07) is 12.3. The summed E-state index contributed by atoms with van der Waals surface area (Å²) in [7, 11) is 1.56. The van der Waals surface area contributed by atoms with Crippen molar-refractivity contribution in [3.05, 3.63) is 53.1 Å². The van der Waals surface area contributed by atoms with Gasteiger partial charge in [0, 0.05) is 36.2 Å². The van der Waals surface area contributed by atoms with Crippen LogP contribution in [-0.2, 0) is 16.0 Å². The lowest BCUT2D eigenvalue weighted by molar-refractivity contribution is -0.145. The molecule has 206 valence electrons. The molecule has 1 atom stereocenters. The summed E-state index contributed by atoms with van der Waals surface area (Å²) in [6.45, 7) is 5.14. The van der Waals surface area contributed by atoms with Crippen molar-refractivity contribution < 1.29 is 24.2 Å². The highest BCUT2D eigenvalue weighted by Crippen LogP contribution is 2.36. The van der Waals surface area contributed by atoms with E-state index in [1.54, 1.807) is 7.11 Å². The van der Waals surface area contributed by atoms with Gasteiger partial charge in [0.25, 0.3) is 0 Å². The second kappa shape index (κ2) is 11.6. The first-order chi connectivity index (χ1) is 18.9. The number of nitrogens with one attached hydrogen (secondary N) is 1. The van der Waals surface area contributed by atoms with Gasteiger partial charge in [-0.1, -0.05) is 13.0 Å². The van der Waals surface area contributed by atoms with Crippen LogP contribution in [0.4, 0.5) is 0 Å². The highest BCUT2D eigenvalue weighted by atomic mass is 16.5. The number of ether oxygens (including phenoxy) is 1. The molecule has 2 saturated heterocycles. The molecule has 2 fully saturated rings. The summed E-state index contributed by atoms with van der Waals surface area (Å²) in [5.74, 6) is -0.0787. The Morgan fingerprint density at radius 2 is 1.90 bits per heavy atom. The summed E-state index contributed by atoms with van der Waals surface area (Å²) in [5.41, 5.74) is 6.10. The first-order valence-electron chi connectivity index (χ1n) is 13.9. The Balaban J connectivity index is 1.28. The molecular weight excluding hydrogens is 494 g/mol. The lowest BCUT2D eigenvalue weighted by Gasteiger charge is -2.35. The van der Waals surface area contributed by atoms with E-state index in [9.17, 15) is 19.5 Å². The van der Waals surface area contributed by atoms with Crippen LogP contribution in [0.5, 0.6) is 5.75 Å². The molecular formula is C31H37N3O5. The number of aryl methyl sites for hydroxylation is 1. The lowest BCUT2D eigenvalue weighted by Crippen LogP contribution is -2.47. The number of carbonyl (C=O) groups excluding carboxylic acids is 2. The number of rotatable bonds is 8. The molecule has 3 heterocycles. The highest BCUT2D eigenvalue weighted by molar-refractivity contribution is 5.92. The number of methoxy groups -OCH3 is 1. The van der Waals surface area contributed by atoms with Crippen molar-refractivity contribution in [2.45, 2.75) is 44.9 Å². The van der Waals surface area contributed by atoms with E-state index in [4.69, 9.17) is 4.74 Å². The Bertz CT molecular complexity index is 1370. The van der Waals surface area contributed by atoms with Crippen LogP contribution in [0.3, 0.4) is 0 Å². The predicted molar refractivity (Wildman–Crippen MR) is 150 cm³/mol. The molecule has 2 aromatic carbocycles. The van der Waals surface area contributed by atoms with E-state index >= 15 is 0 Å². The summed E-state index contributed by atoms with van der Waals surface area (Å²) < 4.78 is 5.31. The third-order valence-electron chi connectivity index (χ3n) is 8.46. The third-order valence-corrected chi connectivity index (χ3v) is 8.46. The molecule has 1 unspecified atom stereocenters. The molecule has 2 aliphatic heterocycles. The summed E-state index contributed by atoms with van der Waals surface area (Å²) in [4.78, 5) is 43.4. The Labute approximate surface area is 228 Å². The maximum atomic E-state index is 13.0. The fraction of sp³-hybridized carbons (Fsp3) is 0.452. The maximum Gasteiger partial charge on any atom is 0.307 e. The fourth-order valence-electron chi connectivity index (χ4n) is 6.27. The van der Waals surface area contributed by atoms with Crippen molar-refractivity contribution in [3.63, 3.8) is 0 Å². The van der Waals surface area contributed by atoms with Gasteiger partial charge in [-0.15, -0.1) is 0 Å². The van der Waals surface area contributed by atoms with E-state index in [1.807, 2.05) is 28.0 Å². The first-order valence-corrected chi connectivity index (χ1v) is 13.9. The van der Waals surface area contributed by atoms with E-state index in [0.29, 0.717) is 36.7 Å². The standard InChI is InChI=1S/C31H37N3O5/c1-3-25-26-16-21(6-8-27(26)32-30(25)22-7-9-28(39-2)24(15-22)19-35)20-10-13-34(14-11-20)29(36)18-33-12-4-5-23(17-33)31(37)38/h6-9,15-16,19-20,23,32H,3-5,10-14,17-18H2,1-2H3,(H,37,38). The molecule has 5 rings (SSSR count). The largest absolute Gasteiger partial charge is 0.496 e. The minimum atomic E-state index is -0.764. The molecule has 39 heavy (non-hydrogen) atoms. The SMILES string of the molecule is CCc1c(-c2ccc(OC)c(C=O)c2)[nH]c2ccc(C3CCN(C(=O)CN4CCCC(C(=O)O)C4)CC3)cc12. The molecule has 3 aromatic rings. The number of aromatic nitrogens is 1. The number of aromatic amines is 1. The molecule has 1 aromatic heterocycles. The number of aliphatic carboxylic acids is 1. The zero-order valence-corrected chi connectivity index (χ0v) is 22.7. The Hall–Kier alpha value is -3.65. The number of carboxylic acids is 1. The molecule has 1 amide bonds. The van der Waals surface area contributed by atoms with Gasteiger partial charge >= 0.3 is 5.97 Å². The second-order valence-corrected chi connectivity index (χ2v) is 10.8. The summed E-state index contributed by atoms with van der Waals surface area (Å²) in [5, 5.41) is 10.5. The van der Waals surface area contributed by atoms with Gasteiger partial charge in [-0.25, -0.2) is 0 Å². The number of fused-ring (bicyclic) bond motifs is 1. The van der Waals surface area contributed by atoms with E-state index in [0.717, 1.165) is 68.4 Å². The molecule has 0 bridgehead atoms. The number of carbonyl (C=O) groups is 3. The average Bonchev–Trinajstić information content (AvgIpc) is 3.34. The molecule has 2 aliphatic rings. The molecule has 8 heteroatoms. The second-order valence-electron chi connectivity index (χ2n) is 10.8. The Kier molecular flexibility index (Phi) is 8.02. The van der Waals surface area contributed by atoms with E-state index in [2.05, 4.69) is 30.1 Å². The van der Waals surface area contributed by atoms with Crippen LogP contribution in [0.1, 0.15) is 60.0 Å². The topological polar surface area (TPSA) is 103 Å². The Morgan fingerprint density at radius 3 is 2.59 bits per heavy atom. The molecule has 0 radical (unpaired) electrons. The van der Waals surface area contributed by atoms with Gasteiger partial charge in [0.15, 0.2) is 6.29 Å². The highest BCUT2D eigenvalue weighted by Gasteiger charge is 2.29. The van der Waals surface area contributed by atoms with Crippen molar-refractivity contribution in [3.8, 4) is 17.0 Å². The van der Waals surface area contributed by atoms with Crippen LogP contribution in [0.15, 0.2) is 36.4 Å². The molecule has 0 spiro atoms.